The zero-order valence-corrected chi connectivity index (χ0v) is 34.7. The SMILES string of the molecule is CCCCCCCCCCCCC(=O)OC[C@@H](COC(=O)CCCCCCCCCCCCC(C)C)OC(=O)CCCCCCCCC(C)CC. The highest BCUT2D eigenvalue weighted by atomic mass is 16.6. The highest BCUT2D eigenvalue weighted by Gasteiger charge is 2.19. The lowest BCUT2D eigenvalue weighted by Crippen LogP contribution is -2.30. The molecule has 2 atom stereocenters. The summed E-state index contributed by atoms with van der Waals surface area (Å²) in [4.78, 5) is 37.6. The lowest BCUT2D eigenvalue weighted by molar-refractivity contribution is -0.167. The van der Waals surface area contributed by atoms with Crippen molar-refractivity contribution in [3.63, 3.8) is 0 Å². The molecule has 0 aromatic heterocycles. The van der Waals surface area contributed by atoms with Gasteiger partial charge < -0.3 is 14.2 Å². The highest BCUT2D eigenvalue weighted by Crippen LogP contribution is 2.17. The Bertz CT molecular complexity index is 781. The number of hydrogen-bond donors (Lipinski definition) is 0. The number of carbonyl (C=O) groups is 3. The normalized spacial score (nSPS) is 12.6. The summed E-state index contributed by atoms with van der Waals surface area (Å²) >= 11 is 0. The van der Waals surface area contributed by atoms with Gasteiger partial charge in [-0.1, -0.05) is 202 Å². The molecule has 0 radical (unpaired) electrons. The Morgan fingerprint density at radius 2 is 0.745 bits per heavy atom. The average Bonchev–Trinajstić information content (AvgIpc) is 3.11. The van der Waals surface area contributed by atoms with Crippen LogP contribution in [0.5, 0.6) is 0 Å². The van der Waals surface area contributed by atoms with Gasteiger partial charge in [-0.05, 0) is 31.1 Å². The quantitative estimate of drug-likeness (QED) is 0.0357. The molecule has 0 aromatic carbocycles. The van der Waals surface area contributed by atoms with Gasteiger partial charge in [0, 0.05) is 19.3 Å². The van der Waals surface area contributed by atoms with E-state index in [1.165, 1.54) is 128 Å². The molecule has 6 heteroatoms. The Hall–Kier alpha value is -1.59. The Morgan fingerprint density at radius 3 is 1.12 bits per heavy atom. The van der Waals surface area contributed by atoms with Crippen LogP contribution in [-0.2, 0) is 28.6 Å². The summed E-state index contributed by atoms with van der Waals surface area (Å²) in [5.41, 5.74) is 0. The molecule has 0 aliphatic heterocycles. The minimum atomic E-state index is -0.760. The van der Waals surface area contributed by atoms with Gasteiger partial charge in [0.25, 0.3) is 0 Å². The Balaban J connectivity index is 4.34. The molecule has 302 valence electrons. The Labute approximate surface area is 317 Å². The lowest BCUT2D eigenvalue weighted by atomic mass is 10.00. The fourth-order valence-electron chi connectivity index (χ4n) is 6.54. The van der Waals surface area contributed by atoms with E-state index in [1.807, 2.05) is 0 Å². The number of carbonyl (C=O) groups excluding carboxylic acids is 3. The van der Waals surface area contributed by atoms with Gasteiger partial charge in [0.15, 0.2) is 6.10 Å². The van der Waals surface area contributed by atoms with E-state index in [9.17, 15) is 14.4 Å². The van der Waals surface area contributed by atoms with Crippen molar-refractivity contribution in [2.75, 3.05) is 13.2 Å². The number of rotatable bonds is 39. The molecule has 0 aliphatic rings. The largest absolute Gasteiger partial charge is 0.462 e. The predicted molar refractivity (Wildman–Crippen MR) is 215 cm³/mol. The smallest absolute Gasteiger partial charge is 0.306 e. The van der Waals surface area contributed by atoms with Gasteiger partial charge in [-0.2, -0.15) is 0 Å². The summed E-state index contributed by atoms with van der Waals surface area (Å²) in [7, 11) is 0. The minimum Gasteiger partial charge on any atom is -0.462 e. The first-order valence-corrected chi connectivity index (χ1v) is 22.3. The maximum Gasteiger partial charge on any atom is 0.306 e. The fraction of sp³-hybridized carbons (Fsp3) is 0.933. The maximum absolute atomic E-state index is 12.7. The molecule has 0 aromatic rings. The number of ether oxygens (including phenoxy) is 3. The molecule has 0 bridgehead atoms. The second kappa shape index (κ2) is 38.1. The van der Waals surface area contributed by atoms with Crippen molar-refractivity contribution < 1.29 is 28.6 Å². The van der Waals surface area contributed by atoms with Crippen molar-refractivity contribution in [1.29, 1.82) is 0 Å². The first-order valence-electron chi connectivity index (χ1n) is 22.3. The fourth-order valence-corrected chi connectivity index (χ4v) is 6.54. The molecule has 0 amide bonds. The number of hydrogen-bond acceptors (Lipinski definition) is 6. The van der Waals surface area contributed by atoms with Gasteiger partial charge in [0.2, 0.25) is 0 Å². The molecule has 0 fully saturated rings. The van der Waals surface area contributed by atoms with Crippen LogP contribution in [-0.4, -0.2) is 37.2 Å². The van der Waals surface area contributed by atoms with Crippen LogP contribution in [0.3, 0.4) is 0 Å². The molecule has 0 rings (SSSR count). The van der Waals surface area contributed by atoms with Gasteiger partial charge >= 0.3 is 17.9 Å². The first-order chi connectivity index (χ1) is 24.8. The molecular formula is C45H86O6. The van der Waals surface area contributed by atoms with E-state index >= 15 is 0 Å². The van der Waals surface area contributed by atoms with E-state index in [-0.39, 0.29) is 31.1 Å². The molecule has 51 heavy (non-hydrogen) atoms. The van der Waals surface area contributed by atoms with Crippen LogP contribution >= 0.6 is 0 Å². The third-order valence-electron chi connectivity index (χ3n) is 10.3. The van der Waals surface area contributed by atoms with Gasteiger partial charge in [-0.3, -0.25) is 14.4 Å². The monoisotopic (exact) mass is 723 g/mol. The van der Waals surface area contributed by atoms with Crippen LogP contribution in [0.25, 0.3) is 0 Å². The second-order valence-electron chi connectivity index (χ2n) is 16.1. The van der Waals surface area contributed by atoms with E-state index in [4.69, 9.17) is 14.2 Å². The predicted octanol–water partition coefficient (Wildman–Crippen LogP) is 13.8. The zero-order valence-electron chi connectivity index (χ0n) is 34.7. The Kier molecular flexibility index (Phi) is 37.0. The van der Waals surface area contributed by atoms with Crippen molar-refractivity contribution in [3.05, 3.63) is 0 Å². The van der Waals surface area contributed by atoms with Crippen molar-refractivity contribution in [1.82, 2.24) is 0 Å². The summed E-state index contributed by atoms with van der Waals surface area (Å²) in [6.45, 7) is 11.3. The van der Waals surface area contributed by atoms with E-state index in [1.54, 1.807) is 0 Å². The Morgan fingerprint density at radius 1 is 0.412 bits per heavy atom. The van der Waals surface area contributed by atoms with Crippen LogP contribution in [0.15, 0.2) is 0 Å². The summed E-state index contributed by atoms with van der Waals surface area (Å²) in [5, 5.41) is 0. The summed E-state index contributed by atoms with van der Waals surface area (Å²) < 4.78 is 16.7. The van der Waals surface area contributed by atoms with E-state index in [0.29, 0.717) is 19.3 Å². The van der Waals surface area contributed by atoms with Crippen molar-refractivity contribution in [2.45, 2.75) is 246 Å². The van der Waals surface area contributed by atoms with Crippen molar-refractivity contribution in [3.8, 4) is 0 Å². The molecule has 0 spiro atoms. The van der Waals surface area contributed by atoms with Gasteiger partial charge in [-0.15, -0.1) is 0 Å². The van der Waals surface area contributed by atoms with E-state index in [0.717, 1.165) is 69.6 Å². The maximum atomic E-state index is 12.7. The molecule has 0 saturated carbocycles. The van der Waals surface area contributed by atoms with Crippen LogP contribution in [0.2, 0.25) is 0 Å². The van der Waals surface area contributed by atoms with Crippen LogP contribution in [0.1, 0.15) is 240 Å². The average molecular weight is 723 g/mol. The molecule has 0 N–H and O–H groups in total. The molecule has 6 nitrogen and oxygen atoms in total. The second-order valence-corrected chi connectivity index (χ2v) is 16.1. The van der Waals surface area contributed by atoms with Crippen molar-refractivity contribution >= 4 is 17.9 Å². The zero-order chi connectivity index (χ0) is 37.6. The van der Waals surface area contributed by atoms with E-state index in [2.05, 4.69) is 34.6 Å². The standard InChI is InChI=1S/C45H86O6/c1-6-8-9-10-11-12-16-19-25-30-35-43(46)49-38-42(51-45(48)37-32-27-22-21-24-29-34-41(5)7-2)39-50-44(47)36-31-26-20-17-14-13-15-18-23-28-33-40(3)4/h40-42H,6-39H2,1-5H3/t41?,42-/m0/s1. The minimum absolute atomic E-state index is 0.0660. The number of esters is 3. The highest BCUT2D eigenvalue weighted by molar-refractivity contribution is 5.71. The third-order valence-corrected chi connectivity index (χ3v) is 10.3. The molecule has 0 saturated heterocycles. The van der Waals surface area contributed by atoms with E-state index < -0.39 is 6.10 Å². The topological polar surface area (TPSA) is 78.9 Å². The lowest BCUT2D eigenvalue weighted by Gasteiger charge is -2.18. The summed E-state index contributed by atoms with van der Waals surface area (Å²) in [6, 6.07) is 0. The summed E-state index contributed by atoms with van der Waals surface area (Å²) in [5.74, 6) is 0.765. The number of unbranched alkanes of at least 4 members (excludes halogenated alkanes) is 23. The molecule has 0 heterocycles. The van der Waals surface area contributed by atoms with Crippen LogP contribution in [0.4, 0.5) is 0 Å². The van der Waals surface area contributed by atoms with Gasteiger partial charge in [0.05, 0.1) is 0 Å². The van der Waals surface area contributed by atoms with Crippen LogP contribution < -0.4 is 0 Å². The van der Waals surface area contributed by atoms with Gasteiger partial charge in [-0.25, -0.2) is 0 Å². The third kappa shape index (κ3) is 38.0. The molecule has 1 unspecified atom stereocenters. The first kappa shape index (κ1) is 49.4. The summed E-state index contributed by atoms with van der Waals surface area (Å²) in [6.07, 6.45) is 35.2. The van der Waals surface area contributed by atoms with Gasteiger partial charge in [0.1, 0.15) is 13.2 Å². The van der Waals surface area contributed by atoms with Crippen LogP contribution in [0, 0.1) is 11.8 Å². The van der Waals surface area contributed by atoms with Crippen molar-refractivity contribution in [2.24, 2.45) is 11.8 Å². The molecule has 0 aliphatic carbocycles. The molecular weight excluding hydrogens is 636 g/mol.